The van der Waals surface area contributed by atoms with Crippen molar-refractivity contribution in [1.82, 2.24) is 4.98 Å². The lowest BCUT2D eigenvalue weighted by atomic mass is 10.2. The van der Waals surface area contributed by atoms with Crippen molar-refractivity contribution in [2.24, 2.45) is 5.73 Å². The number of hydrogen-bond donors (Lipinski definition) is 1. The van der Waals surface area contributed by atoms with Gasteiger partial charge in [0.15, 0.2) is 0 Å². The third kappa shape index (κ3) is 2.12. The van der Waals surface area contributed by atoms with Gasteiger partial charge in [0, 0.05) is 42.3 Å². The molecule has 82 valence electrons. The topological polar surface area (TPSA) is 42.2 Å². The van der Waals surface area contributed by atoms with Gasteiger partial charge in [0.05, 0.1) is 0 Å². The molecular formula is C12H19N3. The molecule has 0 saturated heterocycles. The zero-order chi connectivity index (χ0) is 10.8. The molecule has 1 heterocycles. The van der Waals surface area contributed by atoms with Gasteiger partial charge in [-0.2, -0.15) is 0 Å². The van der Waals surface area contributed by atoms with E-state index >= 15 is 0 Å². The van der Waals surface area contributed by atoms with Crippen LogP contribution in [0.5, 0.6) is 0 Å². The SMILES string of the molecule is CCN(c1cc(C)ncc1CN)C1CC1. The summed E-state index contributed by atoms with van der Waals surface area (Å²) in [5.74, 6) is 0. The molecule has 0 atom stereocenters. The molecule has 0 amide bonds. The molecule has 1 aromatic rings. The van der Waals surface area contributed by atoms with E-state index in [-0.39, 0.29) is 0 Å². The molecule has 0 bridgehead atoms. The Labute approximate surface area is 91.3 Å². The number of nitrogens with two attached hydrogens (primary N) is 1. The van der Waals surface area contributed by atoms with Gasteiger partial charge in [0.1, 0.15) is 0 Å². The summed E-state index contributed by atoms with van der Waals surface area (Å²) in [4.78, 5) is 6.76. The van der Waals surface area contributed by atoms with E-state index in [0.29, 0.717) is 6.54 Å². The summed E-state index contributed by atoms with van der Waals surface area (Å²) in [6, 6.07) is 2.89. The Bertz CT molecular complexity index is 345. The van der Waals surface area contributed by atoms with Gasteiger partial charge in [-0.05, 0) is 32.8 Å². The van der Waals surface area contributed by atoms with Crippen LogP contribution >= 0.6 is 0 Å². The molecule has 0 aromatic carbocycles. The van der Waals surface area contributed by atoms with Gasteiger partial charge in [-0.25, -0.2) is 0 Å². The van der Waals surface area contributed by atoms with E-state index < -0.39 is 0 Å². The summed E-state index contributed by atoms with van der Waals surface area (Å²) in [7, 11) is 0. The Balaban J connectivity index is 2.34. The standard InChI is InChI=1S/C12H19N3/c1-3-15(11-4-5-11)12-6-9(2)14-8-10(12)7-13/h6,8,11H,3-5,7,13H2,1-2H3. The van der Waals surface area contributed by atoms with E-state index in [9.17, 15) is 0 Å². The number of hydrogen-bond acceptors (Lipinski definition) is 3. The predicted molar refractivity (Wildman–Crippen MR) is 62.9 cm³/mol. The third-order valence-electron chi connectivity index (χ3n) is 2.96. The van der Waals surface area contributed by atoms with Crippen LogP contribution in [0.4, 0.5) is 5.69 Å². The second-order valence-electron chi connectivity index (χ2n) is 4.18. The Kier molecular flexibility index (Phi) is 2.91. The summed E-state index contributed by atoms with van der Waals surface area (Å²) >= 11 is 0. The Hall–Kier alpha value is -1.09. The Morgan fingerprint density at radius 1 is 1.53 bits per heavy atom. The summed E-state index contributed by atoms with van der Waals surface area (Å²) in [6.45, 7) is 5.87. The molecule has 2 rings (SSSR count). The second-order valence-corrected chi connectivity index (χ2v) is 4.18. The van der Waals surface area contributed by atoms with Gasteiger partial charge in [0.25, 0.3) is 0 Å². The molecular weight excluding hydrogens is 186 g/mol. The van der Waals surface area contributed by atoms with Crippen LogP contribution < -0.4 is 10.6 Å². The Morgan fingerprint density at radius 3 is 2.80 bits per heavy atom. The highest BCUT2D eigenvalue weighted by atomic mass is 15.2. The molecule has 1 fully saturated rings. The van der Waals surface area contributed by atoms with Crippen molar-refractivity contribution in [3.63, 3.8) is 0 Å². The number of anilines is 1. The molecule has 1 aliphatic rings. The first-order chi connectivity index (χ1) is 7.26. The molecule has 0 aliphatic heterocycles. The quantitative estimate of drug-likeness (QED) is 0.815. The van der Waals surface area contributed by atoms with E-state index in [1.807, 2.05) is 13.1 Å². The molecule has 3 heteroatoms. The fraction of sp³-hybridized carbons (Fsp3) is 0.583. The van der Waals surface area contributed by atoms with Crippen LogP contribution in [-0.2, 0) is 6.54 Å². The van der Waals surface area contributed by atoms with Crippen molar-refractivity contribution < 1.29 is 0 Å². The monoisotopic (exact) mass is 205 g/mol. The summed E-state index contributed by atoms with van der Waals surface area (Å²) < 4.78 is 0. The van der Waals surface area contributed by atoms with Crippen LogP contribution in [0.25, 0.3) is 0 Å². The zero-order valence-electron chi connectivity index (χ0n) is 9.53. The van der Waals surface area contributed by atoms with Gasteiger partial charge >= 0.3 is 0 Å². The van der Waals surface area contributed by atoms with Crippen molar-refractivity contribution in [3.8, 4) is 0 Å². The number of nitrogens with zero attached hydrogens (tertiary/aromatic N) is 2. The number of pyridine rings is 1. The average molecular weight is 205 g/mol. The highest BCUT2D eigenvalue weighted by molar-refractivity contribution is 5.55. The summed E-state index contributed by atoms with van der Waals surface area (Å²) in [5, 5.41) is 0. The van der Waals surface area contributed by atoms with Crippen LogP contribution in [0.3, 0.4) is 0 Å². The molecule has 2 N–H and O–H groups in total. The van der Waals surface area contributed by atoms with E-state index in [4.69, 9.17) is 5.73 Å². The van der Waals surface area contributed by atoms with Gasteiger partial charge in [0.2, 0.25) is 0 Å². The molecule has 1 aliphatic carbocycles. The van der Waals surface area contributed by atoms with Gasteiger partial charge in [-0.15, -0.1) is 0 Å². The molecule has 0 radical (unpaired) electrons. The smallest absolute Gasteiger partial charge is 0.0447 e. The van der Waals surface area contributed by atoms with Gasteiger partial charge in [-0.1, -0.05) is 0 Å². The number of aromatic nitrogens is 1. The lowest BCUT2D eigenvalue weighted by Gasteiger charge is -2.25. The maximum atomic E-state index is 5.75. The molecule has 0 spiro atoms. The zero-order valence-corrected chi connectivity index (χ0v) is 9.53. The fourth-order valence-electron chi connectivity index (χ4n) is 2.01. The van der Waals surface area contributed by atoms with Crippen molar-refractivity contribution in [2.75, 3.05) is 11.4 Å². The van der Waals surface area contributed by atoms with Crippen molar-refractivity contribution >= 4 is 5.69 Å². The lowest BCUT2D eigenvalue weighted by molar-refractivity contribution is 0.812. The van der Waals surface area contributed by atoms with Crippen molar-refractivity contribution in [1.29, 1.82) is 0 Å². The molecule has 1 aromatic heterocycles. The minimum Gasteiger partial charge on any atom is -0.368 e. The number of rotatable bonds is 4. The van der Waals surface area contributed by atoms with Crippen molar-refractivity contribution in [3.05, 3.63) is 23.5 Å². The maximum Gasteiger partial charge on any atom is 0.0447 e. The fourth-order valence-corrected chi connectivity index (χ4v) is 2.01. The first-order valence-electron chi connectivity index (χ1n) is 5.68. The van der Waals surface area contributed by atoms with Crippen LogP contribution in [0, 0.1) is 6.92 Å². The van der Waals surface area contributed by atoms with E-state index in [0.717, 1.165) is 23.8 Å². The molecule has 1 saturated carbocycles. The minimum atomic E-state index is 0.575. The van der Waals surface area contributed by atoms with Crippen molar-refractivity contribution in [2.45, 2.75) is 39.3 Å². The largest absolute Gasteiger partial charge is 0.368 e. The van der Waals surface area contributed by atoms with Crippen LogP contribution in [0.15, 0.2) is 12.3 Å². The minimum absolute atomic E-state index is 0.575. The molecule has 0 unspecified atom stereocenters. The number of aryl methyl sites for hydroxylation is 1. The highest BCUT2D eigenvalue weighted by Gasteiger charge is 2.29. The molecule has 3 nitrogen and oxygen atoms in total. The highest BCUT2D eigenvalue weighted by Crippen LogP contribution is 2.33. The van der Waals surface area contributed by atoms with Crippen LogP contribution in [0.2, 0.25) is 0 Å². The van der Waals surface area contributed by atoms with Gasteiger partial charge in [-0.3, -0.25) is 4.98 Å². The van der Waals surface area contributed by atoms with E-state index in [1.165, 1.54) is 18.5 Å². The lowest BCUT2D eigenvalue weighted by Crippen LogP contribution is -2.26. The van der Waals surface area contributed by atoms with Gasteiger partial charge < -0.3 is 10.6 Å². The van der Waals surface area contributed by atoms with E-state index in [1.54, 1.807) is 0 Å². The molecule has 15 heavy (non-hydrogen) atoms. The summed E-state index contributed by atoms with van der Waals surface area (Å²) in [6.07, 6.45) is 4.55. The predicted octanol–water partition coefficient (Wildman–Crippen LogP) is 1.84. The normalized spacial score (nSPS) is 15.4. The average Bonchev–Trinajstić information content (AvgIpc) is 3.04. The second kappa shape index (κ2) is 4.19. The van der Waals surface area contributed by atoms with Crippen LogP contribution in [0.1, 0.15) is 31.0 Å². The summed E-state index contributed by atoms with van der Waals surface area (Å²) in [5.41, 5.74) is 9.27. The third-order valence-corrected chi connectivity index (χ3v) is 2.96. The Morgan fingerprint density at radius 2 is 2.27 bits per heavy atom. The first kappa shape index (κ1) is 10.4. The maximum absolute atomic E-state index is 5.75. The first-order valence-corrected chi connectivity index (χ1v) is 5.68. The van der Waals surface area contributed by atoms with Crippen LogP contribution in [-0.4, -0.2) is 17.6 Å². The van der Waals surface area contributed by atoms with E-state index in [2.05, 4.69) is 22.9 Å².